The lowest BCUT2D eigenvalue weighted by atomic mass is 9.84. The highest BCUT2D eigenvalue weighted by atomic mass is 35.5. The Morgan fingerprint density at radius 1 is 1.45 bits per heavy atom. The average molecular weight is 287 g/mol. The van der Waals surface area contributed by atoms with Gasteiger partial charge in [0.1, 0.15) is 11.9 Å². The minimum Gasteiger partial charge on any atom is -0.466 e. The molecule has 0 amide bonds. The molecule has 0 saturated carbocycles. The Morgan fingerprint density at radius 3 is 2.95 bits per heavy atom. The van der Waals surface area contributed by atoms with Gasteiger partial charge in [0.05, 0.1) is 6.26 Å². The number of carbonyl (C=O) groups excluding carboxylic acids is 1. The van der Waals surface area contributed by atoms with Crippen molar-refractivity contribution < 1.29 is 9.21 Å². The summed E-state index contributed by atoms with van der Waals surface area (Å²) in [7, 11) is 0. The fraction of sp³-hybridized carbons (Fsp3) is 0.133. The quantitative estimate of drug-likeness (QED) is 0.657. The van der Waals surface area contributed by atoms with Crippen molar-refractivity contribution in [1.29, 1.82) is 0 Å². The lowest BCUT2D eigenvalue weighted by Crippen LogP contribution is -2.55. The number of benzene rings is 1. The molecule has 0 aliphatic carbocycles. The minimum absolute atomic E-state index is 0.539. The number of hydrogen-bond acceptors (Lipinski definition) is 4. The highest BCUT2D eigenvalue weighted by Crippen LogP contribution is 2.39. The fourth-order valence-corrected chi connectivity index (χ4v) is 2.59. The molecule has 0 radical (unpaired) electrons. The summed E-state index contributed by atoms with van der Waals surface area (Å²) in [5.74, 6) is 3.24. The van der Waals surface area contributed by atoms with E-state index in [0.717, 1.165) is 17.5 Å². The Bertz CT molecular complexity index is 690. The fourth-order valence-electron chi connectivity index (χ4n) is 2.42. The number of halogens is 1. The zero-order chi connectivity index (χ0) is 14.2. The van der Waals surface area contributed by atoms with E-state index in [2.05, 4.69) is 16.6 Å². The Kier molecular flexibility index (Phi) is 3.01. The largest absolute Gasteiger partial charge is 0.466 e. The zero-order valence-corrected chi connectivity index (χ0v) is 11.1. The Labute approximate surface area is 121 Å². The first-order chi connectivity index (χ1) is 9.69. The number of terminal acetylenes is 1. The van der Waals surface area contributed by atoms with Gasteiger partial charge in [-0.25, -0.2) is 0 Å². The molecule has 4 nitrogen and oxygen atoms in total. The predicted molar refractivity (Wildman–Crippen MR) is 76.4 cm³/mol. The molecule has 0 spiro atoms. The van der Waals surface area contributed by atoms with Gasteiger partial charge >= 0.3 is 0 Å². The molecule has 2 heterocycles. The molecule has 2 atom stereocenters. The Morgan fingerprint density at radius 2 is 2.30 bits per heavy atom. The third-order valence-corrected chi connectivity index (χ3v) is 3.55. The predicted octanol–water partition coefficient (Wildman–Crippen LogP) is 2.35. The number of rotatable bonds is 2. The van der Waals surface area contributed by atoms with Crippen LogP contribution in [0.4, 0.5) is 5.69 Å². The first kappa shape index (κ1) is 12.8. The molecule has 0 fully saturated rings. The van der Waals surface area contributed by atoms with E-state index in [0.29, 0.717) is 10.8 Å². The third kappa shape index (κ3) is 1.80. The van der Waals surface area contributed by atoms with Crippen LogP contribution in [0.3, 0.4) is 0 Å². The van der Waals surface area contributed by atoms with Crippen LogP contribution in [0.15, 0.2) is 41.0 Å². The molecular weight excluding hydrogens is 276 g/mol. The van der Waals surface area contributed by atoms with Crippen LogP contribution in [0.25, 0.3) is 0 Å². The van der Waals surface area contributed by atoms with Gasteiger partial charge in [-0.3, -0.25) is 10.1 Å². The summed E-state index contributed by atoms with van der Waals surface area (Å²) in [4.78, 5) is 11.2. The molecule has 2 unspecified atom stereocenters. The van der Waals surface area contributed by atoms with Gasteiger partial charge in [0.15, 0.2) is 11.8 Å². The van der Waals surface area contributed by atoms with Crippen LogP contribution in [0, 0.1) is 12.3 Å². The molecule has 0 saturated heterocycles. The minimum atomic E-state index is -1.03. The van der Waals surface area contributed by atoms with Gasteiger partial charge in [-0.1, -0.05) is 17.5 Å². The van der Waals surface area contributed by atoms with E-state index in [1.165, 1.54) is 6.26 Å². The van der Waals surface area contributed by atoms with Crippen LogP contribution >= 0.6 is 11.6 Å². The molecule has 2 aromatic rings. The van der Waals surface area contributed by atoms with Gasteiger partial charge in [0, 0.05) is 16.3 Å². The standard InChI is InChI=1S/C15H11ClN2O2/c1-2-15(13-4-3-7-20-13)11-8-10(16)5-6-12(11)17-14(9-19)18-15/h1,3-9,14,17-18H. The molecule has 3 rings (SSSR count). The van der Waals surface area contributed by atoms with Crippen molar-refractivity contribution in [3.05, 3.63) is 52.9 Å². The van der Waals surface area contributed by atoms with Crippen LogP contribution in [-0.4, -0.2) is 12.5 Å². The smallest absolute Gasteiger partial charge is 0.168 e. The maximum absolute atomic E-state index is 11.2. The van der Waals surface area contributed by atoms with E-state index < -0.39 is 11.7 Å². The average Bonchev–Trinajstić information content (AvgIpc) is 3.01. The maximum atomic E-state index is 11.2. The van der Waals surface area contributed by atoms with Crippen molar-refractivity contribution in [2.24, 2.45) is 0 Å². The first-order valence-electron chi connectivity index (χ1n) is 6.01. The molecule has 1 aliphatic heterocycles. The van der Waals surface area contributed by atoms with Crippen molar-refractivity contribution in [3.63, 3.8) is 0 Å². The Hall–Kier alpha value is -2.22. The number of anilines is 1. The molecule has 1 aliphatic rings. The number of carbonyl (C=O) groups is 1. The lowest BCUT2D eigenvalue weighted by molar-refractivity contribution is -0.109. The van der Waals surface area contributed by atoms with Gasteiger partial charge in [-0.15, -0.1) is 6.42 Å². The van der Waals surface area contributed by atoms with E-state index in [-0.39, 0.29) is 0 Å². The molecule has 5 heteroatoms. The lowest BCUT2D eigenvalue weighted by Gasteiger charge is -2.38. The van der Waals surface area contributed by atoms with Gasteiger partial charge < -0.3 is 9.73 Å². The monoisotopic (exact) mass is 286 g/mol. The second-order valence-corrected chi connectivity index (χ2v) is 4.90. The van der Waals surface area contributed by atoms with Crippen molar-refractivity contribution in [3.8, 4) is 12.3 Å². The van der Waals surface area contributed by atoms with Gasteiger partial charge in [0.2, 0.25) is 0 Å². The summed E-state index contributed by atoms with van der Waals surface area (Å²) in [5.41, 5.74) is 0.473. The molecule has 0 bridgehead atoms. The molecular formula is C15H11ClN2O2. The molecule has 100 valence electrons. The SMILES string of the molecule is C#CC1(c2ccco2)NC(C=O)Nc2ccc(Cl)cc21. The van der Waals surface area contributed by atoms with E-state index in [1.807, 2.05) is 0 Å². The molecule has 20 heavy (non-hydrogen) atoms. The van der Waals surface area contributed by atoms with E-state index in [4.69, 9.17) is 22.4 Å². The summed E-state index contributed by atoms with van der Waals surface area (Å²) in [6.07, 6.45) is 7.44. The maximum Gasteiger partial charge on any atom is 0.168 e. The number of aldehydes is 1. The highest BCUT2D eigenvalue weighted by Gasteiger charge is 2.42. The normalized spacial score (nSPS) is 24.3. The highest BCUT2D eigenvalue weighted by molar-refractivity contribution is 6.30. The van der Waals surface area contributed by atoms with Crippen LogP contribution in [0.2, 0.25) is 5.02 Å². The van der Waals surface area contributed by atoms with Crippen molar-refractivity contribution in [2.75, 3.05) is 5.32 Å². The van der Waals surface area contributed by atoms with Gasteiger partial charge in [0.25, 0.3) is 0 Å². The van der Waals surface area contributed by atoms with Crippen molar-refractivity contribution in [2.45, 2.75) is 11.7 Å². The van der Waals surface area contributed by atoms with E-state index in [9.17, 15) is 4.79 Å². The molecule has 2 N–H and O–H groups in total. The zero-order valence-electron chi connectivity index (χ0n) is 10.4. The van der Waals surface area contributed by atoms with Crippen LogP contribution in [-0.2, 0) is 10.3 Å². The van der Waals surface area contributed by atoms with Gasteiger partial charge in [-0.05, 0) is 30.3 Å². The summed E-state index contributed by atoms with van der Waals surface area (Å²) >= 11 is 6.07. The number of hydrogen-bond donors (Lipinski definition) is 2. The van der Waals surface area contributed by atoms with Crippen LogP contribution in [0.5, 0.6) is 0 Å². The summed E-state index contributed by atoms with van der Waals surface area (Å²) in [6, 6.07) is 8.82. The number of fused-ring (bicyclic) bond motifs is 1. The van der Waals surface area contributed by atoms with Crippen molar-refractivity contribution >= 4 is 23.6 Å². The number of nitrogens with one attached hydrogen (secondary N) is 2. The first-order valence-corrected chi connectivity index (χ1v) is 6.39. The Balaban J connectivity index is 2.27. The number of furan rings is 1. The second kappa shape index (κ2) is 4.71. The second-order valence-electron chi connectivity index (χ2n) is 4.46. The van der Waals surface area contributed by atoms with Gasteiger partial charge in [-0.2, -0.15) is 0 Å². The van der Waals surface area contributed by atoms with Crippen molar-refractivity contribution in [1.82, 2.24) is 5.32 Å². The summed E-state index contributed by atoms with van der Waals surface area (Å²) < 4.78 is 5.46. The summed E-state index contributed by atoms with van der Waals surface area (Å²) in [6.45, 7) is 0. The van der Waals surface area contributed by atoms with Crippen LogP contribution in [0.1, 0.15) is 11.3 Å². The summed E-state index contributed by atoms with van der Waals surface area (Å²) in [5, 5.41) is 6.69. The van der Waals surface area contributed by atoms with E-state index >= 15 is 0 Å². The topological polar surface area (TPSA) is 54.3 Å². The molecule has 1 aromatic heterocycles. The van der Waals surface area contributed by atoms with Crippen LogP contribution < -0.4 is 10.6 Å². The van der Waals surface area contributed by atoms with E-state index in [1.54, 1.807) is 30.3 Å². The third-order valence-electron chi connectivity index (χ3n) is 3.31. The molecule has 1 aromatic carbocycles.